The lowest BCUT2D eigenvalue weighted by molar-refractivity contribution is 0.0918. The molecular weight excluding hydrogens is 324 g/mol. The molecule has 0 radical (unpaired) electrons. The summed E-state index contributed by atoms with van der Waals surface area (Å²) in [5.41, 5.74) is 0.661. The van der Waals surface area contributed by atoms with Gasteiger partial charge in [0.1, 0.15) is 11.5 Å². The Labute approximate surface area is 145 Å². The van der Waals surface area contributed by atoms with Gasteiger partial charge in [-0.3, -0.25) is 4.79 Å². The Morgan fingerprint density at radius 1 is 1.21 bits per heavy atom. The van der Waals surface area contributed by atoms with E-state index in [1.807, 2.05) is 29.8 Å². The van der Waals surface area contributed by atoms with Gasteiger partial charge in [0.15, 0.2) is 5.78 Å². The van der Waals surface area contributed by atoms with Gasteiger partial charge in [-0.15, -0.1) is 0 Å². The molecule has 1 unspecified atom stereocenters. The van der Waals surface area contributed by atoms with E-state index in [4.69, 9.17) is 16.3 Å². The first-order chi connectivity index (χ1) is 11.6. The smallest absolute Gasteiger partial charge is 0.167 e. The Bertz CT molecular complexity index is 814. The zero-order chi connectivity index (χ0) is 16.9. The first-order valence-corrected chi connectivity index (χ1v) is 8.03. The van der Waals surface area contributed by atoms with Crippen LogP contribution in [0.25, 0.3) is 0 Å². The largest absolute Gasteiger partial charge is 0.456 e. The minimum absolute atomic E-state index is 0.0907. The van der Waals surface area contributed by atoms with Crippen LogP contribution in [-0.2, 0) is 6.54 Å². The fraction of sp³-hybridized carbons (Fsp3) is 0.158. The fourth-order valence-corrected chi connectivity index (χ4v) is 2.59. The highest BCUT2D eigenvalue weighted by Crippen LogP contribution is 2.29. The van der Waals surface area contributed by atoms with Gasteiger partial charge in [0.25, 0.3) is 0 Å². The number of imidazole rings is 1. The second-order valence-electron chi connectivity index (χ2n) is 5.58. The third-order valence-corrected chi connectivity index (χ3v) is 4.01. The average molecular weight is 341 g/mol. The zero-order valence-electron chi connectivity index (χ0n) is 13.2. The molecule has 0 aliphatic carbocycles. The van der Waals surface area contributed by atoms with Gasteiger partial charge in [-0.05, 0) is 36.4 Å². The predicted octanol–water partition coefficient (Wildman–Crippen LogP) is 4.85. The first kappa shape index (κ1) is 16.3. The molecular formula is C19H17ClN2O2. The monoisotopic (exact) mass is 340 g/mol. The molecule has 1 aromatic heterocycles. The topological polar surface area (TPSA) is 44.1 Å². The maximum absolute atomic E-state index is 12.5. The van der Waals surface area contributed by atoms with Crippen LogP contribution in [0.2, 0.25) is 5.02 Å². The van der Waals surface area contributed by atoms with Crippen LogP contribution in [0.1, 0.15) is 17.3 Å². The minimum Gasteiger partial charge on any atom is -0.456 e. The van der Waals surface area contributed by atoms with Crippen molar-refractivity contribution in [2.24, 2.45) is 5.92 Å². The van der Waals surface area contributed by atoms with Crippen molar-refractivity contribution in [2.45, 2.75) is 13.5 Å². The van der Waals surface area contributed by atoms with Gasteiger partial charge >= 0.3 is 0 Å². The van der Waals surface area contributed by atoms with Gasteiger partial charge in [-0.2, -0.15) is 0 Å². The van der Waals surface area contributed by atoms with Crippen molar-refractivity contribution in [3.63, 3.8) is 0 Å². The van der Waals surface area contributed by atoms with Crippen LogP contribution in [-0.4, -0.2) is 15.3 Å². The maximum Gasteiger partial charge on any atom is 0.167 e. The SMILES string of the molecule is CC(Cn1ccnc1)C(=O)c1ccc(Oc2ccccc2Cl)cc1. The van der Waals surface area contributed by atoms with E-state index in [-0.39, 0.29) is 11.7 Å². The predicted molar refractivity (Wildman–Crippen MR) is 93.7 cm³/mol. The molecule has 0 saturated heterocycles. The van der Waals surface area contributed by atoms with Crippen LogP contribution in [0, 0.1) is 5.92 Å². The van der Waals surface area contributed by atoms with Gasteiger partial charge in [-0.25, -0.2) is 4.98 Å². The van der Waals surface area contributed by atoms with E-state index in [1.54, 1.807) is 48.9 Å². The zero-order valence-corrected chi connectivity index (χ0v) is 14.0. The molecule has 1 atom stereocenters. The van der Waals surface area contributed by atoms with Crippen LogP contribution in [0.4, 0.5) is 0 Å². The molecule has 5 heteroatoms. The highest BCUT2D eigenvalue weighted by atomic mass is 35.5. The van der Waals surface area contributed by atoms with E-state index in [1.165, 1.54) is 0 Å². The van der Waals surface area contributed by atoms with Crippen LogP contribution in [0.3, 0.4) is 0 Å². The maximum atomic E-state index is 12.5. The van der Waals surface area contributed by atoms with E-state index in [0.717, 1.165) is 0 Å². The Morgan fingerprint density at radius 3 is 2.62 bits per heavy atom. The van der Waals surface area contributed by atoms with Crippen molar-refractivity contribution in [3.8, 4) is 11.5 Å². The van der Waals surface area contributed by atoms with Gasteiger partial charge in [0.2, 0.25) is 0 Å². The minimum atomic E-state index is -0.130. The number of Topliss-reactive ketones (excluding diaryl/α,β-unsaturated/α-hetero) is 1. The molecule has 122 valence electrons. The van der Waals surface area contributed by atoms with Gasteiger partial charge in [0, 0.05) is 30.4 Å². The lowest BCUT2D eigenvalue weighted by Crippen LogP contribution is -2.17. The summed E-state index contributed by atoms with van der Waals surface area (Å²) in [4.78, 5) is 16.5. The standard InChI is InChI=1S/C19H17ClN2O2/c1-14(12-22-11-10-21-13-22)19(23)15-6-8-16(9-7-15)24-18-5-3-2-4-17(18)20/h2-11,13-14H,12H2,1H3. The number of carbonyl (C=O) groups is 1. The lowest BCUT2D eigenvalue weighted by Gasteiger charge is -2.12. The summed E-state index contributed by atoms with van der Waals surface area (Å²) in [6.07, 6.45) is 5.27. The molecule has 0 aliphatic rings. The number of para-hydroxylation sites is 1. The third-order valence-electron chi connectivity index (χ3n) is 3.69. The Kier molecular flexibility index (Phi) is 4.96. The molecule has 3 aromatic rings. The van der Waals surface area contributed by atoms with Crippen molar-refractivity contribution in [3.05, 3.63) is 77.8 Å². The summed E-state index contributed by atoms with van der Waals surface area (Å²) >= 11 is 6.08. The van der Waals surface area contributed by atoms with E-state index in [9.17, 15) is 4.79 Å². The number of aromatic nitrogens is 2. The molecule has 0 bridgehead atoms. The third kappa shape index (κ3) is 3.84. The van der Waals surface area contributed by atoms with E-state index in [0.29, 0.717) is 28.6 Å². The van der Waals surface area contributed by atoms with Crippen LogP contribution < -0.4 is 4.74 Å². The molecule has 1 heterocycles. The lowest BCUT2D eigenvalue weighted by atomic mass is 9.99. The molecule has 0 amide bonds. The van der Waals surface area contributed by atoms with Gasteiger partial charge in [0.05, 0.1) is 11.3 Å². The number of ketones is 1. The van der Waals surface area contributed by atoms with Gasteiger partial charge < -0.3 is 9.30 Å². The number of rotatable bonds is 6. The number of halogens is 1. The molecule has 0 aliphatic heterocycles. The highest BCUT2D eigenvalue weighted by Gasteiger charge is 2.15. The molecule has 2 aromatic carbocycles. The summed E-state index contributed by atoms with van der Waals surface area (Å²) in [5, 5.41) is 0.548. The normalized spacial score (nSPS) is 11.9. The van der Waals surface area contributed by atoms with Crippen molar-refractivity contribution in [1.29, 1.82) is 0 Å². The van der Waals surface area contributed by atoms with E-state index in [2.05, 4.69) is 4.98 Å². The Balaban J connectivity index is 1.67. The fourth-order valence-electron chi connectivity index (χ4n) is 2.42. The summed E-state index contributed by atoms with van der Waals surface area (Å²) in [7, 11) is 0. The van der Waals surface area contributed by atoms with Crippen LogP contribution in [0.5, 0.6) is 11.5 Å². The highest BCUT2D eigenvalue weighted by molar-refractivity contribution is 6.32. The molecule has 0 saturated carbocycles. The van der Waals surface area contributed by atoms with Crippen LogP contribution in [0.15, 0.2) is 67.3 Å². The van der Waals surface area contributed by atoms with Crippen LogP contribution >= 0.6 is 11.6 Å². The quantitative estimate of drug-likeness (QED) is 0.602. The van der Waals surface area contributed by atoms with Crippen molar-refractivity contribution < 1.29 is 9.53 Å². The molecule has 0 spiro atoms. The van der Waals surface area contributed by atoms with Gasteiger partial charge in [-0.1, -0.05) is 30.7 Å². The molecule has 4 nitrogen and oxygen atoms in total. The summed E-state index contributed by atoms with van der Waals surface area (Å²) < 4.78 is 7.63. The summed E-state index contributed by atoms with van der Waals surface area (Å²) in [5.74, 6) is 1.19. The number of carbonyl (C=O) groups excluding carboxylic acids is 1. The second-order valence-corrected chi connectivity index (χ2v) is 5.99. The Morgan fingerprint density at radius 2 is 1.96 bits per heavy atom. The first-order valence-electron chi connectivity index (χ1n) is 7.66. The summed E-state index contributed by atoms with van der Waals surface area (Å²) in [6.45, 7) is 2.52. The average Bonchev–Trinajstić information content (AvgIpc) is 3.10. The molecule has 0 N–H and O–H groups in total. The number of hydrogen-bond donors (Lipinski definition) is 0. The number of hydrogen-bond acceptors (Lipinski definition) is 3. The van der Waals surface area contributed by atoms with Crippen molar-refractivity contribution in [1.82, 2.24) is 9.55 Å². The van der Waals surface area contributed by atoms with E-state index >= 15 is 0 Å². The Hall–Kier alpha value is -2.59. The molecule has 3 rings (SSSR count). The molecule has 24 heavy (non-hydrogen) atoms. The summed E-state index contributed by atoms with van der Waals surface area (Å²) in [6, 6.07) is 14.4. The van der Waals surface area contributed by atoms with Crippen molar-refractivity contribution in [2.75, 3.05) is 0 Å². The number of nitrogens with zero attached hydrogens (tertiary/aromatic N) is 2. The number of benzene rings is 2. The van der Waals surface area contributed by atoms with Crippen molar-refractivity contribution >= 4 is 17.4 Å². The molecule has 0 fully saturated rings. The van der Waals surface area contributed by atoms with E-state index < -0.39 is 0 Å². The number of ether oxygens (including phenoxy) is 1. The second kappa shape index (κ2) is 7.32.